The topological polar surface area (TPSA) is 111 Å². The minimum absolute atomic E-state index is 0.112. The van der Waals surface area contributed by atoms with Gasteiger partial charge in [-0.2, -0.15) is 5.26 Å². The Balaban J connectivity index is 2.15. The number of nitriles is 1. The van der Waals surface area contributed by atoms with Crippen LogP contribution in [0.1, 0.15) is 6.42 Å². The van der Waals surface area contributed by atoms with Gasteiger partial charge >= 0.3 is 6.09 Å². The third-order valence-electron chi connectivity index (χ3n) is 2.68. The Bertz CT molecular complexity index is 599. The van der Waals surface area contributed by atoms with Crippen molar-refractivity contribution in [2.24, 2.45) is 0 Å². The van der Waals surface area contributed by atoms with E-state index in [4.69, 9.17) is 26.7 Å². The van der Waals surface area contributed by atoms with Crippen molar-refractivity contribution in [3.05, 3.63) is 23.2 Å². The average molecular weight is 296 g/mol. The molecule has 1 heterocycles. The molecular weight excluding hydrogens is 286 g/mol. The number of anilines is 1. The van der Waals surface area contributed by atoms with Gasteiger partial charge in [-0.3, -0.25) is 4.79 Å². The summed E-state index contributed by atoms with van der Waals surface area (Å²) in [6.07, 6.45) is -2.44. The summed E-state index contributed by atoms with van der Waals surface area (Å²) in [6, 6.07) is 5.60. The van der Waals surface area contributed by atoms with Gasteiger partial charge in [0.25, 0.3) is 5.91 Å². The van der Waals surface area contributed by atoms with Crippen LogP contribution in [-0.4, -0.2) is 29.3 Å². The Morgan fingerprint density at radius 1 is 1.65 bits per heavy atom. The van der Waals surface area contributed by atoms with Gasteiger partial charge in [0.05, 0.1) is 16.8 Å². The summed E-state index contributed by atoms with van der Waals surface area (Å²) in [5, 5.41) is 22.4. The van der Waals surface area contributed by atoms with Crippen molar-refractivity contribution in [3.63, 3.8) is 0 Å². The molecule has 2 amide bonds. The molecule has 7 nitrogen and oxygen atoms in total. The summed E-state index contributed by atoms with van der Waals surface area (Å²) < 4.78 is 5.46. The van der Waals surface area contributed by atoms with Gasteiger partial charge in [0, 0.05) is 6.42 Å². The Hall–Kier alpha value is -2.46. The summed E-state index contributed by atoms with van der Waals surface area (Å²) in [4.78, 5) is 22.4. The lowest BCUT2D eigenvalue weighted by atomic mass is 10.1. The molecule has 1 aromatic rings. The minimum atomic E-state index is -1.34. The van der Waals surface area contributed by atoms with Crippen LogP contribution in [0.15, 0.2) is 18.2 Å². The Labute approximate surface area is 119 Å². The van der Waals surface area contributed by atoms with E-state index in [0.717, 1.165) is 0 Å². The predicted octanol–water partition coefficient (Wildman–Crippen LogP) is 1.59. The molecule has 1 aliphatic heterocycles. The molecule has 20 heavy (non-hydrogen) atoms. The number of ether oxygens (including phenoxy) is 1. The van der Waals surface area contributed by atoms with Gasteiger partial charge in [-0.15, -0.1) is 0 Å². The molecule has 0 saturated carbocycles. The highest BCUT2D eigenvalue weighted by atomic mass is 35.5. The van der Waals surface area contributed by atoms with Gasteiger partial charge in [0.15, 0.2) is 11.9 Å². The molecule has 0 radical (unpaired) electrons. The number of carbonyl (C=O) groups is 2. The molecule has 1 aliphatic rings. The number of fused-ring (bicyclic) bond motifs is 1. The lowest BCUT2D eigenvalue weighted by Crippen LogP contribution is -2.43. The molecule has 1 unspecified atom stereocenters. The van der Waals surface area contributed by atoms with Crippen molar-refractivity contribution >= 4 is 29.3 Å². The SMILES string of the molecule is N#C[C@H](CC1Oc2c(Cl)cccc2NC1=O)NC(=O)O. The molecule has 0 bridgehead atoms. The normalized spacial score (nSPS) is 18.0. The van der Waals surface area contributed by atoms with Gasteiger partial charge < -0.3 is 20.5 Å². The summed E-state index contributed by atoms with van der Waals surface area (Å²) in [6.45, 7) is 0. The number of nitrogens with zero attached hydrogens (tertiary/aromatic N) is 1. The highest BCUT2D eigenvalue weighted by Gasteiger charge is 2.31. The summed E-state index contributed by atoms with van der Waals surface area (Å²) in [7, 11) is 0. The number of carbonyl (C=O) groups excluding carboxylic acids is 1. The van der Waals surface area contributed by atoms with E-state index in [1.807, 2.05) is 5.32 Å². The lowest BCUT2D eigenvalue weighted by molar-refractivity contribution is -0.123. The Morgan fingerprint density at radius 3 is 3.05 bits per heavy atom. The van der Waals surface area contributed by atoms with Crippen molar-refractivity contribution in [1.29, 1.82) is 5.26 Å². The lowest BCUT2D eigenvalue weighted by Gasteiger charge is -2.27. The zero-order valence-electron chi connectivity index (χ0n) is 10.1. The number of carboxylic acid groups (broad SMARTS) is 1. The van der Waals surface area contributed by atoms with Crippen LogP contribution in [0.2, 0.25) is 5.02 Å². The van der Waals surface area contributed by atoms with E-state index in [0.29, 0.717) is 16.5 Å². The molecule has 104 valence electrons. The second kappa shape index (κ2) is 5.67. The third kappa shape index (κ3) is 2.92. The first-order chi connectivity index (χ1) is 9.51. The Morgan fingerprint density at radius 2 is 2.40 bits per heavy atom. The maximum absolute atomic E-state index is 11.8. The van der Waals surface area contributed by atoms with Crippen LogP contribution in [-0.2, 0) is 4.79 Å². The van der Waals surface area contributed by atoms with Crippen LogP contribution in [0.4, 0.5) is 10.5 Å². The highest BCUT2D eigenvalue weighted by molar-refractivity contribution is 6.32. The molecule has 0 spiro atoms. The first kappa shape index (κ1) is 14.0. The number of para-hydroxylation sites is 1. The number of rotatable bonds is 3. The zero-order chi connectivity index (χ0) is 14.7. The van der Waals surface area contributed by atoms with E-state index in [2.05, 4.69) is 5.32 Å². The monoisotopic (exact) mass is 295 g/mol. The van der Waals surface area contributed by atoms with Crippen LogP contribution >= 0.6 is 11.6 Å². The van der Waals surface area contributed by atoms with E-state index in [1.165, 1.54) is 0 Å². The second-order valence-electron chi connectivity index (χ2n) is 4.08. The number of halogens is 1. The smallest absolute Gasteiger partial charge is 0.405 e. The number of nitrogens with one attached hydrogen (secondary N) is 2. The van der Waals surface area contributed by atoms with Gasteiger partial charge in [0.2, 0.25) is 0 Å². The summed E-state index contributed by atoms with van der Waals surface area (Å²) >= 11 is 5.96. The standard InChI is InChI=1S/C12H10ClN3O4/c13-7-2-1-3-8-10(7)20-9(11(17)16-8)4-6(5-14)15-12(18)19/h1-3,6,9,15H,4H2,(H,16,17)(H,18,19)/t6-,9?/m0/s1. The van der Waals surface area contributed by atoms with Crippen molar-refractivity contribution < 1.29 is 19.4 Å². The van der Waals surface area contributed by atoms with E-state index in [9.17, 15) is 9.59 Å². The molecule has 0 fully saturated rings. The molecule has 1 aromatic carbocycles. The zero-order valence-corrected chi connectivity index (χ0v) is 10.8. The largest absolute Gasteiger partial charge is 0.477 e. The third-order valence-corrected chi connectivity index (χ3v) is 2.98. The molecular formula is C12H10ClN3O4. The van der Waals surface area contributed by atoms with E-state index >= 15 is 0 Å². The minimum Gasteiger partial charge on any atom is -0.477 e. The van der Waals surface area contributed by atoms with Crippen LogP contribution < -0.4 is 15.4 Å². The van der Waals surface area contributed by atoms with Crippen molar-refractivity contribution in [2.45, 2.75) is 18.6 Å². The van der Waals surface area contributed by atoms with Crippen LogP contribution in [0.5, 0.6) is 5.75 Å². The fourth-order valence-corrected chi connectivity index (χ4v) is 2.02. The molecule has 8 heteroatoms. The van der Waals surface area contributed by atoms with Gasteiger partial charge in [-0.05, 0) is 12.1 Å². The number of hydrogen-bond acceptors (Lipinski definition) is 4. The maximum atomic E-state index is 11.8. The van der Waals surface area contributed by atoms with E-state index < -0.39 is 24.1 Å². The quantitative estimate of drug-likeness (QED) is 0.784. The molecule has 0 aromatic heterocycles. The number of hydrogen-bond donors (Lipinski definition) is 3. The summed E-state index contributed by atoms with van der Waals surface area (Å²) in [5.41, 5.74) is 0.443. The summed E-state index contributed by atoms with van der Waals surface area (Å²) in [5.74, 6) is -0.141. The van der Waals surface area contributed by atoms with Crippen molar-refractivity contribution in [3.8, 4) is 11.8 Å². The van der Waals surface area contributed by atoms with Crippen LogP contribution in [0.25, 0.3) is 0 Å². The fourth-order valence-electron chi connectivity index (χ4n) is 1.80. The maximum Gasteiger partial charge on any atom is 0.405 e. The first-order valence-electron chi connectivity index (χ1n) is 5.66. The number of amides is 2. The van der Waals surface area contributed by atoms with E-state index in [1.54, 1.807) is 24.3 Å². The van der Waals surface area contributed by atoms with Crippen molar-refractivity contribution in [1.82, 2.24) is 5.32 Å². The van der Waals surface area contributed by atoms with Crippen LogP contribution in [0.3, 0.4) is 0 Å². The molecule has 0 saturated heterocycles. The van der Waals surface area contributed by atoms with Gasteiger partial charge in [-0.25, -0.2) is 4.79 Å². The first-order valence-corrected chi connectivity index (χ1v) is 6.04. The van der Waals surface area contributed by atoms with Gasteiger partial charge in [-0.1, -0.05) is 17.7 Å². The highest BCUT2D eigenvalue weighted by Crippen LogP contribution is 2.36. The molecule has 0 aliphatic carbocycles. The molecule has 2 atom stereocenters. The van der Waals surface area contributed by atoms with Crippen LogP contribution in [0, 0.1) is 11.3 Å². The molecule has 2 rings (SSSR count). The Kier molecular flexibility index (Phi) is 3.96. The predicted molar refractivity (Wildman–Crippen MR) is 69.7 cm³/mol. The fraction of sp³-hybridized carbons (Fsp3) is 0.250. The average Bonchev–Trinajstić information content (AvgIpc) is 2.39. The van der Waals surface area contributed by atoms with Crippen molar-refractivity contribution in [2.75, 3.05) is 5.32 Å². The second-order valence-corrected chi connectivity index (χ2v) is 4.49. The molecule has 3 N–H and O–H groups in total. The van der Waals surface area contributed by atoms with Gasteiger partial charge in [0.1, 0.15) is 6.04 Å². The number of benzene rings is 1. The van der Waals surface area contributed by atoms with E-state index in [-0.39, 0.29) is 6.42 Å².